The van der Waals surface area contributed by atoms with E-state index in [1.807, 2.05) is 6.92 Å². The van der Waals surface area contributed by atoms with Crippen LogP contribution in [0, 0.1) is 6.92 Å². The summed E-state index contributed by atoms with van der Waals surface area (Å²) in [4.78, 5) is 14.1. The highest BCUT2D eigenvalue weighted by Crippen LogP contribution is 2.07. The van der Waals surface area contributed by atoms with Crippen LogP contribution < -0.4 is 10.8 Å². The van der Waals surface area contributed by atoms with Crippen molar-refractivity contribution in [1.29, 1.82) is 0 Å². The van der Waals surface area contributed by atoms with Crippen LogP contribution in [-0.4, -0.2) is 54.2 Å². The van der Waals surface area contributed by atoms with Crippen molar-refractivity contribution >= 4 is 18.5 Å². The van der Waals surface area contributed by atoms with Crippen molar-refractivity contribution in [2.45, 2.75) is 6.92 Å². The summed E-state index contributed by atoms with van der Waals surface area (Å²) >= 11 is 0. The van der Waals surface area contributed by atoms with Gasteiger partial charge in [-0.3, -0.25) is 4.79 Å². The molecule has 1 heterocycles. The zero-order valence-corrected chi connectivity index (χ0v) is 10.4. The minimum atomic E-state index is -1.62. The number of benzene rings is 1. The highest BCUT2D eigenvalue weighted by atomic mass is 16.4. The second-order valence-electron chi connectivity index (χ2n) is 4.51. The minimum absolute atomic E-state index is 0.136. The van der Waals surface area contributed by atoms with Crippen molar-refractivity contribution in [3.05, 3.63) is 29.3 Å². The van der Waals surface area contributed by atoms with Gasteiger partial charge in [-0.1, -0.05) is 17.7 Å². The maximum Gasteiger partial charge on any atom is 0.489 e. The van der Waals surface area contributed by atoms with Gasteiger partial charge in [-0.05, 0) is 18.5 Å². The topological polar surface area (TPSA) is 72.8 Å². The number of carbonyl (C=O) groups excluding carboxylic acids is 1. The lowest BCUT2D eigenvalue weighted by atomic mass is 9.76. The predicted octanol–water partition coefficient (Wildman–Crippen LogP) is -1.28. The number of carbonyl (C=O) groups is 1. The Balaban J connectivity index is 2.30. The number of nitrogens with zero attached hydrogens (tertiary/aromatic N) is 1. The fraction of sp³-hybridized carbons (Fsp3) is 0.417. The lowest BCUT2D eigenvalue weighted by Gasteiger charge is -2.28. The molecule has 1 aromatic carbocycles. The molecule has 0 aliphatic carbocycles. The molecule has 1 aliphatic heterocycles. The summed E-state index contributed by atoms with van der Waals surface area (Å²) < 4.78 is 0. The average molecular weight is 248 g/mol. The normalized spacial score (nSPS) is 15.6. The molecule has 1 amide bonds. The third kappa shape index (κ3) is 2.72. The van der Waals surface area contributed by atoms with Gasteiger partial charge in [-0.2, -0.15) is 0 Å². The maximum atomic E-state index is 12.4. The molecule has 1 fully saturated rings. The molecule has 1 saturated heterocycles. The molecular formula is C12H17BN2O3. The second kappa shape index (κ2) is 5.52. The number of rotatable bonds is 2. The van der Waals surface area contributed by atoms with Gasteiger partial charge in [0.2, 0.25) is 0 Å². The fourth-order valence-electron chi connectivity index (χ4n) is 2.12. The van der Waals surface area contributed by atoms with Crippen molar-refractivity contribution in [2.24, 2.45) is 0 Å². The summed E-state index contributed by atoms with van der Waals surface area (Å²) in [5.41, 5.74) is 1.58. The van der Waals surface area contributed by atoms with E-state index in [1.54, 1.807) is 23.1 Å². The van der Waals surface area contributed by atoms with Crippen molar-refractivity contribution in [3.63, 3.8) is 0 Å². The number of piperazine rings is 1. The average Bonchev–Trinajstić information content (AvgIpc) is 2.38. The van der Waals surface area contributed by atoms with E-state index in [-0.39, 0.29) is 11.4 Å². The summed E-state index contributed by atoms with van der Waals surface area (Å²) in [5.74, 6) is -0.136. The van der Waals surface area contributed by atoms with Crippen LogP contribution in [0.1, 0.15) is 15.9 Å². The molecule has 5 nitrogen and oxygen atoms in total. The summed E-state index contributed by atoms with van der Waals surface area (Å²) in [6.07, 6.45) is 0. The van der Waals surface area contributed by atoms with Gasteiger partial charge in [0.1, 0.15) is 0 Å². The second-order valence-corrected chi connectivity index (χ2v) is 4.51. The van der Waals surface area contributed by atoms with Gasteiger partial charge in [-0.15, -0.1) is 0 Å². The molecule has 96 valence electrons. The van der Waals surface area contributed by atoms with E-state index >= 15 is 0 Å². The Morgan fingerprint density at radius 1 is 1.33 bits per heavy atom. The first kappa shape index (κ1) is 13.1. The molecule has 0 bridgehead atoms. The summed E-state index contributed by atoms with van der Waals surface area (Å²) in [6, 6.07) is 5.07. The third-order valence-corrected chi connectivity index (χ3v) is 3.12. The van der Waals surface area contributed by atoms with Crippen LogP contribution in [0.25, 0.3) is 0 Å². The largest absolute Gasteiger partial charge is 0.489 e. The van der Waals surface area contributed by atoms with Crippen LogP contribution in [0.4, 0.5) is 0 Å². The Labute approximate surface area is 107 Å². The Hall–Kier alpha value is -1.37. The van der Waals surface area contributed by atoms with E-state index in [0.717, 1.165) is 18.7 Å². The van der Waals surface area contributed by atoms with Crippen LogP contribution in [0.15, 0.2) is 18.2 Å². The quantitative estimate of drug-likeness (QED) is 0.570. The van der Waals surface area contributed by atoms with E-state index in [2.05, 4.69) is 5.32 Å². The van der Waals surface area contributed by atoms with Crippen LogP contribution in [0.3, 0.4) is 0 Å². The molecule has 0 radical (unpaired) electrons. The highest BCUT2D eigenvalue weighted by Gasteiger charge is 2.24. The van der Waals surface area contributed by atoms with Gasteiger partial charge in [0.25, 0.3) is 5.91 Å². The standard InChI is InChI=1S/C12H17BN2O3/c1-9-2-3-11(13(17)18)10(8-9)12(16)15-6-4-14-5-7-15/h2-3,8,14,17-18H,4-7H2,1H3. The molecule has 3 N–H and O–H groups in total. The zero-order chi connectivity index (χ0) is 13.1. The number of hydrogen-bond donors (Lipinski definition) is 3. The first-order chi connectivity index (χ1) is 8.59. The Kier molecular flexibility index (Phi) is 4.01. The SMILES string of the molecule is Cc1ccc(B(O)O)c(C(=O)N2CCNCC2)c1. The number of nitrogens with one attached hydrogen (secondary N) is 1. The van der Waals surface area contributed by atoms with Gasteiger partial charge < -0.3 is 20.3 Å². The lowest BCUT2D eigenvalue weighted by Crippen LogP contribution is -2.48. The van der Waals surface area contributed by atoms with Gasteiger partial charge >= 0.3 is 7.12 Å². The number of hydrogen-bond acceptors (Lipinski definition) is 4. The molecular weight excluding hydrogens is 231 g/mol. The summed E-state index contributed by atoms with van der Waals surface area (Å²) in [5, 5.41) is 21.8. The zero-order valence-electron chi connectivity index (χ0n) is 10.4. The first-order valence-electron chi connectivity index (χ1n) is 6.06. The van der Waals surface area contributed by atoms with Crippen molar-refractivity contribution in [2.75, 3.05) is 26.2 Å². The molecule has 0 spiro atoms. The first-order valence-corrected chi connectivity index (χ1v) is 6.06. The molecule has 0 atom stereocenters. The lowest BCUT2D eigenvalue weighted by molar-refractivity contribution is 0.0736. The molecule has 1 aliphatic rings. The minimum Gasteiger partial charge on any atom is -0.423 e. The van der Waals surface area contributed by atoms with Gasteiger partial charge in [-0.25, -0.2) is 0 Å². The van der Waals surface area contributed by atoms with E-state index in [4.69, 9.17) is 0 Å². The molecule has 2 rings (SSSR count). The number of aryl methyl sites for hydroxylation is 1. The van der Waals surface area contributed by atoms with Crippen molar-refractivity contribution < 1.29 is 14.8 Å². The van der Waals surface area contributed by atoms with E-state index in [1.165, 1.54) is 0 Å². The molecule has 0 unspecified atom stereocenters. The van der Waals surface area contributed by atoms with E-state index in [0.29, 0.717) is 18.7 Å². The molecule has 1 aromatic rings. The van der Waals surface area contributed by atoms with Crippen LogP contribution >= 0.6 is 0 Å². The number of amides is 1. The molecule has 18 heavy (non-hydrogen) atoms. The Bertz CT molecular complexity index is 445. The maximum absolute atomic E-state index is 12.4. The monoisotopic (exact) mass is 248 g/mol. The van der Waals surface area contributed by atoms with Crippen molar-refractivity contribution in [1.82, 2.24) is 10.2 Å². The smallest absolute Gasteiger partial charge is 0.423 e. The van der Waals surface area contributed by atoms with Crippen LogP contribution in [-0.2, 0) is 0 Å². The molecule has 0 saturated carbocycles. The molecule has 0 aromatic heterocycles. The Morgan fingerprint density at radius 3 is 2.61 bits per heavy atom. The van der Waals surface area contributed by atoms with Gasteiger partial charge in [0.15, 0.2) is 0 Å². The molecule has 6 heteroatoms. The highest BCUT2D eigenvalue weighted by molar-refractivity contribution is 6.60. The summed E-state index contributed by atoms with van der Waals surface area (Å²) in [6.45, 7) is 4.71. The van der Waals surface area contributed by atoms with Crippen LogP contribution in [0.2, 0.25) is 0 Å². The van der Waals surface area contributed by atoms with E-state index in [9.17, 15) is 14.8 Å². The van der Waals surface area contributed by atoms with Gasteiger partial charge in [0, 0.05) is 31.7 Å². The fourth-order valence-corrected chi connectivity index (χ4v) is 2.12. The van der Waals surface area contributed by atoms with Crippen molar-refractivity contribution in [3.8, 4) is 0 Å². The van der Waals surface area contributed by atoms with Crippen LogP contribution in [0.5, 0.6) is 0 Å². The third-order valence-electron chi connectivity index (χ3n) is 3.12. The Morgan fingerprint density at radius 2 is 2.00 bits per heavy atom. The van der Waals surface area contributed by atoms with Gasteiger partial charge in [0.05, 0.1) is 0 Å². The predicted molar refractivity (Wildman–Crippen MR) is 69.8 cm³/mol. The summed E-state index contributed by atoms with van der Waals surface area (Å²) in [7, 11) is -1.62. The van der Waals surface area contributed by atoms with E-state index < -0.39 is 7.12 Å².